The summed E-state index contributed by atoms with van der Waals surface area (Å²) in [7, 11) is 0. The van der Waals surface area contributed by atoms with Gasteiger partial charge in [-0.15, -0.1) is 0 Å². The number of hydrogen-bond acceptors (Lipinski definition) is 3. The number of rotatable bonds is 7. The van der Waals surface area contributed by atoms with Gasteiger partial charge in [0.15, 0.2) is 0 Å². The summed E-state index contributed by atoms with van der Waals surface area (Å²) in [6.45, 7) is 3.49. The van der Waals surface area contributed by atoms with E-state index in [1.165, 1.54) is 0 Å². The van der Waals surface area contributed by atoms with Gasteiger partial charge in [-0.25, -0.2) is 0 Å². The Bertz CT molecular complexity index is 371. The van der Waals surface area contributed by atoms with Crippen LogP contribution in [0.1, 0.15) is 58.3 Å². The van der Waals surface area contributed by atoms with E-state index < -0.39 is 11.5 Å². The van der Waals surface area contributed by atoms with Crippen molar-refractivity contribution in [3.05, 3.63) is 0 Å². The summed E-state index contributed by atoms with van der Waals surface area (Å²) in [6.07, 6.45) is 6.81. The van der Waals surface area contributed by atoms with Crippen molar-refractivity contribution in [1.82, 2.24) is 10.6 Å². The minimum Gasteiger partial charge on any atom is -0.481 e. The van der Waals surface area contributed by atoms with E-state index in [9.17, 15) is 9.59 Å². The number of carboxylic acid groups (broad SMARTS) is 1. The second-order valence-electron chi connectivity index (χ2n) is 6.47. The Balaban J connectivity index is 1.91. The van der Waals surface area contributed by atoms with Crippen LogP contribution in [0.15, 0.2) is 0 Å². The van der Waals surface area contributed by atoms with Crippen molar-refractivity contribution in [3.8, 4) is 0 Å². The van der Waals surface area contributed by atoms with Gasteiger partial charge in [0.25, 0.3) is 0 Å². The first-order valence-electron chi connectivity index (χ1n) is 7.77. The molecule has 1 unspecified atom stereocenters. The quantitative estimate of drug-likeness (QED) is 0.663. The van der Waals surface area contributed by atoms with Gasteiger partial charge >= 0.3 is 5.97 Å². The van der Waals surface area contributed by atoms with Gasteiger partial charge in [0.05, 0.1) is 12.0 Å². The van der Waals surface area contributed by atoms with Gasteiger partial charge in [0.2, 0.25) is 5.91 Å². The molecule has 2 aliphatic rings. The fourth-order valence-corrected chi connectivity index (χ4v) is 3.60. The lowest BCUT2D eigenvalue weighted by atomic mass is 9.66. The number of amides is 1. The number of carbonyl (C=O) groups is 2. The van der Waals surface area contributed by atoms with Gasteiger partial charge in [-0.05, 0) is 44.1 Å². The van der Waals surface area contributed by atoms with Crippen LogP contribution >= 0.6 is 0 Å². The number of carboxylic acids is 1. The normalized spacial score (nSPS) is 27.9. The number of nitrogens with one attached hydrogen (secondary N) is 2. The molecule has 3 N–H and O–H groups in total. The molecule has 5 nitrogen and oxygen atoms in total. The van der Waals surface area contributed by atoms with Gasteiger partial charge in [-0.3, -0.25) is 9.59 Å². The maximum atomic E-state index is 12.5. The first-order chi connectivity index (χ1) is 9.52. The van der Waals surface area contributed by atoms with E-state index in [4.69, 9.17) is 5.11 Å². The summed E-state index contributed by atoms with van der Waals surface area (Å²) < 4.78 is 0. The zero-order valence-electron chi connectivity index (χ0n) is 12.3. The maximum Gasteiger partial charge on any atom is 0.303 e. The summed E-state index contributed by atoms with van der Waals surface area (Å²) in [5, 5.41) is 15.4. The molecule has 0 bridgehead atoms. The van der Waals surface area contributed by atoms with Gasteiger partial charge in [0.1, 0.15) is 0 Å². The fourth-order valence-electron chi connectivity index (χ4n) is 3.60. The lowest BCUT2D eigenvalue weighted by Gasteiger charge is -2.41. The summed E-state index contributed by atoms with van der Waals surface area (Å²) >= 11 is 0. The highest BCUT2D eigenvalue weighted by Gasteiger charge is 2.43. The topological polar surface area (TPSA) is 78.4 Å². The van der Waals surface area contributed by atoms with Gasteiger partial charge < -0.3 is 15.7 Å². The molecule has 1 amide bonds. The Kier molecular flexibility index (Phi) is 4.68. The van der Waals surface area contributed by atoms with Crippen molar-refractivity contribution < 1.29 is 14.7 Å². The molecule has 1 saturated heterocycles. The molecule has 0 spiro atoms. The van der Waals surface area contributed by atoms with E-state index in [0.29, 0.717) is 6.54 Å². The van der Waals surface area contributed by atoms with Crippen molar-refractivity contribution in [1.29, 1.82) is 0 Å². The summed E-state index contributed by atoms with van der Waals surface area (Å²) in [4.78, 5) is 23.5. The van der Waals surface area contributed by atoms with Gasteiger partial charge in [-0.1, -0.05) is 19.8 Å². The lowest BCUT2D eigenvalue weighted by molar-refractivity contribution is -0.142. The highest BCUT2D eigenvalue weighted by Crippen LogP contribution is 2.43. The van der Waals surface area contributed by atoms with E-state index in [2.05, 4.69) is 17.6 Å². The molecule has 0 aromatic heterocycles. The summed E-state index contributed by atoms with van der Waals surface area (Å²) in [5.74, 6) is -0.699. The third kappa shape index (κ3) is 3.14. The van der Waals surface area contributed by atoms with Crippen LogP contribution in [0, 0.1) is 5.41 Å². The minimum absolute atomic E-state index is 0.0634. The predicted molar refractivity (Wildman–Crippen MR) is 76.4 cm³/mol. The molecular weight excluding hydrogens is 256 g/mol. The van der Waals surface area contributed by atoms with Crippen LogP contribution in [0.3, 0.4) is 0 Å². The molecule has 1 atom stereocenters. The van der Waals surface area contributed by atoms with Crippen LogP contribution in [0.4, 0.5) is 0 Å². The monoisotopic (exact) mass is 282 g/mol. The van der Waals surface area contributed by atoms with E-state index in [0.717, 1.165) is 51.5 Å². The molecule has 20 heavy (non-hydrogen) atoms. The Morgan fingerprint density at radius 2 is 2.00 bits per heavy atom. The van der Waals surface area contributed by atoms with E-state index in [-0.39, 0.29) is 17.7 Å². The molecule has 1 aliphatic carbocycles. The SMILES string of the molecule is CCCC1(C(=O)NCC2(CC(=O)O)CCC2)CCCN1. The molecule has 2 fully saturated rings. The summed E-state index contributed by atoms with van der Waals surface area (Å²) in [5.41, 5.74) is -0.615. The van der Waals surface area contributed by atoms with Gasteiger partial charge in [-0.2, -0.15) is 0 Å². The van der Waals surface area contributed by atoms with E-state index in [1.807, 2.05) is 0 Å². The molecule has 1 aliphatic heterocycles. The maximum absolute atomic E-state index is 12.5. The third-order valence-electron chi connectivity index (χ3n) is 4.92. The smallest absolute Gasteiger partial charge is 0.303 e. The van der Waals surface area contributed by atoms with Crippen LogP contribution in [-0.4, -0.2) is 35.6 Å². The zero-order valence-corrected chi connectivity index (χ0v) is 12.3. The number of aliphatic carboxylic acids is 1. The Morgan fingerprint density at radius 3 is 2.45 bits per heavy atom. The Hall–Kier alpha value is -1.10. The molecule has 1 saturated carbocycles. The van der Waals surface area contributed by atoms with Gasteiger partial charge in [0, 0.05) is 6.54 Å². The Morgan fingerprint density at radius 1 is 1.25 bits per heavy atom. The van der Waals surface area contributed by atoms with Crippen LogP contribution in [0.2, 0.25) is 0 Å². The van der Waals surface area contributed by atoms with Crippen LogP contribution in [0.25, 0.3) is 0 Å². The zero-order chi connectivity index (χ0) is 14.6. The molecule has 2 rings (SSSR count). The Labute approximate surface area is 120 Å². The average molecular weight is 282 g/mol. The molecule has 0 aromatic carbocycles. The standard InChI is InChI=1S/C15H26N2O3/c1-2-5-15(8-4-9-17-15)13(20)16-11-14(6-3-7-14)10-12(18)19/h17H,2-11H2,1H3,(H,16,20)(H,18,19). The first kappa shape index (κ1) is 15.3. The molecular formula is C15H26N2O3. The lowest BCUT2D eigenvalue weighted by Crippen LogP contribution is -2.56. The number of hydrogen-bond donors (Lipinski definition) is 3. The van der Waals surface area contributed by atoms with Crippen molar-refractivity contribution in [2.45, 2.75) is 63.8 Å². The van der Waals surface area contributed by atoms with E-state index >= 15 is 0 Å². The highest BCUT2D eigenvalue weighted by atomic mass is 16.4. The van der Waals surface area contributed by atoms with E-state index in [1.54, 1.807) is 0 Å². The van der Waals surface area contributed by atoms with Crippen LogP contribution < -0.4 is 10.6 Å². The molecule has 114 valence electrons. The average Bonchev–Trinajstić information content (AvgIpc) is 2.82. The predicted octanol–water partition coefficient (Wildman–Crippen LogP) is 1.67. The third-order valence-corrected chi connectivity index (χ3v) is 4.92. The van der Waals surface area contributed by atoms with Crippen molar-refractivity contribution in [2.75, 3.05) is 13.1 Å². The fraction of sp³-hybridized carbons (Fsp3) is 0.867. The largest absolute Gasteiger partial charge is 0.481 e. The van der Waals surface area contributed by atoms with Crippen molar-refractivity contribution in [3.63, 3.8) is 0 Å². The molecule has 1 heterocycles. The van der Waals surface area contributed by atoms with Crippen molar-refractivity contribution in [2.24, 2.45) is 5.41 Å². The second-order valence-corrected chi connectivity index (χ2v) is 6.47. The minimum atomic E-state index is -0.763. The number of carbonyl (C=O) groups excluding carboxylic acids is 1. The van der Waals surface area contributed by atoms with Crippen molar-refractivity contribution >= 4 is 11.9 Å². The van der Waals surface area contributed by atoms with Crippen LogP contribution in [-0.2, 0) is 9.59 Å². The molecule has 5 heteroatoms. The van der Waals surface area contributed by atoms with Crippen LogP contribution in [0.5, 0.6) is 0 Å². The molecule has 0 aromatic rings. The highest BCUT2D eigenvalue weighted by molar-refractivity contribution is 5.86. The molecule has 0 radical (unpaired) electrons. The second kappa shape index (κ2) is 6.12. The first-order valence-corrected chi connectivity index (χ1v) is 7.77. The summed E-state index contributed by atoms with van der Waals surface area (Å²) in [6, 6.07) is 0.